The molecule has 0 bridgehead atoms. The van der Waals surface area contributed by atoms with E-state index in [-0.39, 0.29) is 16.9 Å². The van der Waals surface area contributed by atoms with E-state index in [0.717, 1.165) is 18.3 Å². The standard InChI is InChI=1S/C31H50O2/c1-21(2)10-9-11-22(3)23-14-18-31(8)25-12-13-26-28(4,5)27(33-20-32)16-17-29(26,6)24(25)15-19-30(23,31)7/h10,20,22-23,26-27H,9,11-19H2,1-8H3/t22-,23-,26+,27+,29-,30-,31+/m1/s1. The lowest BCUT2D eigenvalue weighted by Gasteiger charge is -2.62. The van der Waals surface area contributed by atoms with Crippen LogP contribution in [0.4, 0.5) is 0 Å². The molecule has 0 amide bonds. The molecule has 33 heavy (non-hydrogen) atoms. The summed E-state index contributed by atoms with van der Waals surface area (Å²) in [5.74, 6) is 2.26. The molecule has 0 aromatic rings. The highest BCUT2D eigenvalue weighted by Gasteiger charge is 2.63. The Morgan fingerprint density at radius 2 is 1.73 bits per heavy atom. The van der Waals surface area contributed by atoms with Crippen LogP contribution in [0.25, 0.3) is 0 Å². The van der Waals surface area contributed by atoms with Crippen molar-refractivity contribution in [2.24, 2.45) is 39.4 Å². The lowest BCUT2D eigenvalue weighted by Crippen LogP contribution is -2.55. The maximum absolute atomic E-state index is 11.2. The molecule has 2 nitrogen and oxygen atoms in total. The third-order valence-corrected chi connectivity index (χ3v) is 11.8. The molecule has 0 aromatic heterocycles. The molecule has 0 N–H and O–H groups in total. The summed E-state index contributed by atoms with van der Waals surface area (Å²) in [7, 11) is 0. The topological polar surface area (TPSA) is 26.3 Å². The lowest BCUT2D eigenvalue weighted by atomic mass is 9.43. The van der Waals surface area contributed by atoms with Crippen LogP contribution in [0.5, 0.6) is 0 Å². The molecule has 2 saturated carbocycles. The molecular formula is C31H50O2. The van der Waals surface area contributed by atoms with Crippen molar-refractivity contribution in [2.75, 3.05) is 0 Å². The molecule has 0 unspecified atom stereocenters. The first-order valence-corrected chi connectivity index (χ1v) is 13.9. The van der Waals surface area contributed by atoms with Crippen molar-refractivity contribution in [2.45, 2.75) is 126 Å². The number of ether oxygens (including phenoxy) is 1. The molecule has 0 heterocycles. The fourth-order valence-corrected chi connectivity index (χ4v) is 9.76. The first-order chi connectivity index (χ1) is 15.4. The van der Waals surface area contributed by atoms with Gasteiger partial charge in [0.05, 0.1) is 0 Å². The van der Waals surface area contributed by atoms with Crippen molar-refractivity contribution < 1.29 is 9.53 Å². The summed E-state index contributed by atoms with van der Waals surface area (Å²) in [5, 5.41) is 0. The number of fused-ring (bicyclic) bond motifs is 4. The van der Waals surface area contributed by atoms with Crippen molar-refractivity contribution in [3.63, 3.8) is 0 Å². The number of rotatable bonds is 6. The van der Waals surface area contributed by atoms with Crippen LogP contribution in [-0.2, 0) is 9.53 Å². The molecule has 0 aliphatic heterocycles. The first kappa shape index (κ1) is 25.1. The zero-order chi connectivity index (χ0) is 24.2. The van der Waals surface area contributed by atoms with Crippen LogP contribution in [0, 0.1) is 39.4 Å². The summed E-state index contributed by atoms with van der Waals surface area (Å²) in [4.78, 5) is 11.2. The van der Waals surface area contributed by atoms with Gasteiger partial charge >= 0.3 is 0 Å². The molecule has 186 valence electrons. The van der Waals surface area contributed by atoms with Crippen LogP contribution in [0.1, 0.15) is 120 Å². The van der Waals surface area contributed by atoms with Crippen LogP contribution in [-0.4, -0.2) is 12.6 Å². The fraction of sp³-hybridized carbons (Fsp3) is 0.839. The average Bonchev–Trinajstić information content (AvgIpc) is 3.01. The smallest absolute Gasteiger partial charge is 0.293 e. The van der Waals surface area contributed by atoms with Gasteiger partial charge in [-0.05, 0) is 112 Å². The van der Waals surface area contributed by atoms with Crippen LogP contribution in [0.15, 0.2) is 22.8 Å². The predicted octanol–water partition coefficient (Wildman–Crippen LogP) is 8.66. The van der Waals surface area contributed by atoms with Gasteiger partial charge in [0.1, 0.15) is 6.10 Å². The van der Waals surface area contributed by atoms with Crippen LogP contribution < -0.4 is 0 Å². The second kappa shape index (κ2) is 8.56. The normalized spacial score (nSPS) is 42.6. The number of hydrogen-bond donors (Lipinski definition) is 0. The molecule has 7 atom stereocenters. The Morgan fingerprint density at radius 3 is 2.39 bits per heavy atom. The summed E-state index contributed by atoms with van der Waals surface area (Å²) in [5.41, 5.74) is 6.27. The summed E-state index contributed by atoms with van der Waals surface area (Å²) < 4.78 is 5.62. The van der Waals surface area contributed by atoms with E-state index in [1.165, 1.54) is 63.4 Å². The molecule has 0 radical (unpaired) electrons. The van der Waals surface area contributed by atoms with Gasteiger partial charge in [-0.15, -0.1) is 0 Å². The van der Waals surface area contributed by atoms with Crippen molar-refractivity contribution in [3.05, 3.63) is 22.8 Å². The van der Waals surface area contributed by atoms with E-state index < -0.39 is 0 Å². The minimum atomic E-state index is 0.0474. The van der Waals surface area contributed by atoms with Gasteiger partial charge in [-0.1, -0.05) is 64.3 Å². The maximum atomic E-state index is 11.2. The Hall–Kier alpha value is -1.05. The monoisotopic (exact) mass is 454 g/mol. The van der Waals surface area contributed by atoms with Crippen molar-refractivity contribution in [1.82, 2.24) is 0 Å². The molecule has 0 aromatic carbocycles. The second-order valence-corrected chi connectivity index (χ2v) is 13.8. The van der Waals surface area contributed by atoms with E-state index in [1.807, 2.05) is 11.1 Å². The van der Waals surface area contributed by atoms with Crippen molar-refractivity contribution in [1.29, 1.82) is 0 Å². The Morgan fingerprint density at radius 1 is 1.00 bits per heavy atom. The minimum Gasteiger partial charge on any atom is -0.464 e. The Kier molecular flexibility index (Phi) is 6.50. The van der Waals surface area contributed by atoms with Gasteiger partial charge in [0, 0.05) is 5.41 Å². The van der Waals surface area contributed by atoms with Gasteiger partial charge in [-0.2, -0.15) is 0 Å². The molecule has 0 spiro atoms. The third kappa shape index (κ3) is 3.68. The first-order valence-electron chi connectivity index (χ1n) is 13.9. The Balaban J connectivity index is 1.64. The largest absolute Gasteiger partial charge is 0.464 e. The number of carbonyl (C=O) groups excluding carboxylic acids is 1. The summed E-state index contributed by atoms with van der Waals surface area (Å²) in [6.45, 7) is 20.3. The molecule has 2 heteroatoms. The van der Waals surface area contributed by atoms with Crippen LogP contribution >= 0.6 is 0 Å². The third-order valence-electron chi connectivity index (χ3n) is 11.8. The minimum absolute atomic E-state index is 0.0474. The molecule has 0 saturated heterocycles. The summed E-state index contributed by atoms with van der Waals surface area (Å²) in [6, 6.07) is 0. The van der Waals surface area contributed by atoms with Gasteiger partial charge in [0.2, 0.25) is 0 Å². The van der Waals surface area contributed by atoms with Gasteiger partial charge < -0.3 is 4.74 Å². The molecular weight excluding hydrogens is 404 g/mol. The van der Waals surface area contributed by atoms with E-state index in [4.69, 9.17) is 4.74 Å². The van der Waals surface area contributed by atoms with Crippen molar-refractivity contribution >= 4 is 6.47 Å². The van der Waals surface area contributed by atoms with Crippen LogP contribution in [0.3, 0.4) is 0 Å². The highest BCUT2D eigenvalue weighted by molar-refractivity contribution is 5.40. The van der Waals surface area contributed by atoms with E-state index >= 15 is 0 Å². The number of hydrogen-bond acceptors (Lipinski definition) is 2. The maximum Gasteiger partial charge on any atom is 0.293 e. The molecule has 4 rings (SSSR count). The quantitative estimate of drug-likeness (QED) is 0.296. The van der Waals surface area contributed by atoms with Gasteiger partial charge in [0.15, 0.2) is 0 Å². The van der Waals surface area contributed by atoms with E-state index in [2.05, 4.69) is 61.5 Å². The number of allylic oxidation sites excluding steroid dienone is 4. The second-order valence-electron chi connectivity index (χ2n) is 13.8. The zero-order valence-corrected chi connectivity index (χ0v) is 22.9. The summed E-state index contributed by atoms with van der Waals surface area (Å²) in [6.07, 6.45) is 15.2. The fourth-order valence-electron chi connectivity index (χ4n) is 9.76. The van der Waals surface area contributed by atoms with Gasteiger partial charge in [-0.3, -0.25) is 4.79 Å². The predicted molar refractivity (Wildman–Crippen MR) is 138 cm³/mol. The van der Waals surface area contributed by atoms with Gasteiger partial charge in [0.25, 0.3) is 6.47 Å². The Labute approximate surface area is 204 Å². The molecule has 2 fully saturated rings. The van der Waals surface area contributed by atoms with E-state index in [9.17, 15) is 4.79 Å². The zero-order valence-electron chi connectivity index (χ0n) is 22.9. The molecule has 4 aliphatic carbocycles. The number of carbonyl (C=O) groups is 1. The van der Waals surface area contributed by atoms with Gasteiger partial charge in [-0.25, -0.2) is 0 Å². The van der Waals surface area contributed by atoms with Crippen molar-refractivity contribution in [3.8, 4) is 0 Å². The lowest BCUT2D eigenvalue weighted by molar-refractivity contribution is -0.155. The molecule has 4 aliphatic rings. The highest BCUT2D eigenvalue weighted by Crippen LogP contribution is 2.72. The Bertz CT molecular complexity index is 830. The van der Waals surface area contributed by atoms with Crippen LogP contribution in [0.2, 0.25) is 0 Å². The van der Waals surface area contributed by atoms with E-state index in [0.29, 0.717) is 23.2 Å². The SMILES string of the molecule is CC(C)=CCC[C@@H](C)[C@H]1CC[C@@]2(C)C3=C(CC[C@]12C)[C@@]1(C)CC[C@H](OC=O)C(C)(C)[C@@H]1CC3. The summed E-state index contributed by atoms with van der Waals surface area (Å²) >= 11 is 0. The van der Waals surface area contributed by atoms with E-state index in [1.54, 1.807) is 0 Å². The highest BCUT2D eigenvalue weighted by atomic mass is 16.5. The average molecular weight is 455 g/mol.